The van der Waals surface area contributed by atoms with Gasteiger partial charge in [-0.2, -0.15) is 0 Å². The number of nitro groups is 1. The lowest BCUT2D eigenvalue weighted by Crippen LogP contribution is -2.58. The highest BCUT2D eigenvalue weighted by atomic mass is 35.5. The number of carbonyl (C=O) groups excluding carboxylic acids is 2. The number of nitro benzene ring substituents is 1. The lowest BCUT2D eigenvalue weighted by Gasteiger charge is -2.41. The summed E-state index contributed by atoms with van der Waals surface area (Å²) in [6, 6.07) is 6.34. The molecule has 28 heavy (non-hydrogen) atoms. The minimum atomic E-state index is -0.436. The van der Waals surface area contributed by atoms with Crippen LogP contribution in [-0.4, -0.2) is 70.6 Å². The third kappa shape index (κ3) is 5.36. The minimum Gasteiger partial charge on any atom is -0.340 e. The first kappa shape index (κ1) is 22.4. The van der Waals surface area contributed by atoms with E-state index >= 15 is 0 Å². The lowest BCUT2D eigenvalue weighted by molar-refractivity contribution is -0.384. The van der Waals surface area contributed by atoms with E-state index < -0.39 is 4.92 Å². The Bertz CT molecular complexity index is 718. The Morgan fingerprint density at radius 3 is 2.68 bits per heavy atom. The average molecular weight is 429 g/mol. The predicted octanol–water partition coefficient (Wildman–Crippen LogP) is 1.92. The number of piperidine rings is 1. The van der Waals surface area contributed by atoms with Crippen LogP contribution in [0.2, 0.25) is 0 Å². The van der Waals surface area contributed by atoms with Gasteiger partial charge in [0.15, 0.2) is 0 Å². The molecule has 2 fully saturated rings. The number of piperazine rings is 1. The van der Waals surface area contributed by atoms with Crippen LogP contribution >= 0.6 is 24.2 Å². The van der Waals surface area contributed by atoms with Crippen LogP contribution in [0.25, 0.3) is 0 Å². The first-order valence-electron chi connectivity index (χ1n) is 9.16. The van der Waals surface area contributed by atoms with Gasteiger partial charge in [0.05, 0.1) is 16.7 Å². The standard InChI is InChI=1S/C18H24N4O4S.ClH/c1-13(27-16-6-4-14(5-7-16)22(25)26)18(24)20-9-2-3-15(12-20)21-10-8-19-11-17(21)23;/h4-7,13,15,19H,2-3,8-12H2,1H3;1H. The van der Waals surface area contributed by atoms with E-state index in [-0.39, 0.29) is 41.2 Å². The second kappa shape index (κ2) is 10.1. The number of carbonyl (C=O) groups is 2. The van der Waals surface area contributed by atoms with Crippen LogP contribution in [0.15, 0.2) is 29.2 Å². The summed E-state index contributed by atoms with van der Waals surface area (Å²) in [5, 5.41) is 13.5. The largest absolute Gasteiger partial charge is 0.340 e. The molecule has 0 spiro atoms. The number of nitrogens with zero attached hydrogens (tertiary/aromatic N) is 3. The zero-order chi connectivity index (χ0) is 19.4. The highest BCUT2D eigenvalue weighted by Crippen LogP contribution is 2.27. The molecule has 1 aromatic rings. The molecule has 154 valence electrons. The monoisotopic (exact) mass is 428 g/mol. The maximum absolute atomic E-state index is 12.9. The van der Waals surface area contributed by atoms with E-state index in [4.69, 9.17) is 0 Å². The van der Waals surface area contributed by atoms with Gasteiger partial charge in [-0.15, -0.1) is 24.2 Å². The predicted molar refractivity (Wildman–Crippen MR) is 110 cm³/mol. The van der Waals surface area contributed by atoms with Gasteiger partial charge in [0.2, 0.25) is 11.8 Å². The normalized spacial score (nSPS) is 21.0. The van der Waals surface area contributed by atoms with E-state index in [9.17, 15) is 19.7 Å². The van der Waals surface area contributed by atoms with Crippen molar-refractivity contribution >= 4 is 41.7 Å². The Labute approximate surface area is 174 Å². The van der Waals surface area contributed by atoms with Crippen molar-refractivity contribution in [2.75, 3.05) is 32.7 Å². The van der Waals surface area contributed by atoms with Gasteiger partial charge in [-0.3, -0.25) is 19.7 Å². The lowest BCUT2D eigenvalue weighted by atomic mass is 10.0. The van der Waals surface area contributed by atoms with E-state index in [0.717, 1.165) is 24.3 Å². The number of halogens is 1. The molecule has 0 aromatic heterocycles. The second-order valence-corrected chi connectivity index (χ2v) is 8.27. The molecule has 2 unspecified atom stereocenters. The quantitative estimate of drug-likeness (QED) is 0.437. The first-order valence-corrected chi connectivity index (χ1v) is 10.0. The summed E-state index contributed by atoms with van der Waals surface area (Å²) in [6.07, 6.45) is 1.82. The number of likely N-dealkylation sites (tertiary alicyclic amines) is 1. The van der Waals surface area contributed by atoms with Crippen molar-refractivity contribution in [3.63, 3.8) is 0 Å². The highest BCUT2D eigenvalue weighted by Gasteiger charge is 2.33. The van der Waals surface area contributed by atoms with Crippen molar-refractivity contribution in [3.05, 3.63) is 34.4 Å². The van der Waals surface area contributed by atoms with Gasteiger partial charge >= 0.3 is 0 Å². The van der Waals surface area contributed by atoms with Gasteiger partial charge in [0, 0.05) is 49.2 Å². The van der Waals surface area contributed by atoms with Crippen molar-refractivity contribution in [1.29, 1.82) is 0 Å². The Morgan fingerprint density at radius 2 is 2.04 bits per heavy atom. The molecule has 10 heteroatoms. The minimum absolute atomic E-state index is 0. The zero-order valence-electron chi connectivity index (χ0n) is 15.7. The summed E-state index contributed by atoms with van der Waals surface area (Å²) >= 11 is 1.40. The SMILES string of the molecule is CC(Sc1ccc([N+](=O)[O-])cc1)C(=O)N1CCCC(N2CCNCC2=O)C1.Cl. The molecule has 0 radical (unpaired) electrons. The summed E-state index contributed by atoms with van der Waals surface area (Å²) in [4.78, 5) is 39.9. The summed E-state index contributed by atoms with van der Waals surface area (Å²) in [5.74, 6) is 0.152. The van der Waals surface area contributed by atoms with Crippen LogP contribution in [0.4, 0.5) is 5.69 Å². The number of non-ortho nitro benzene ring substituents is 1. The number of nitrogens with one attached hydrogen (secondary N) is 1. The van der Waals surface area contributed by atoms with Crippen molar-refractivity contribution in [2.45, 2.75) is 36.0 Å². The van der Waals surface area contributed by atoms with E-state index in [1.807, 2.05) is 16.7 Å². The smallest absolute Gasteiger partial charge is 0.269 e. The number of thioether (sulfide) groups is 1. The summed E-state index contributed by atoms with van der Waals surface area (Å²) < 4.78 is 0. The van der Waals surface area contributed by atoms with Crippen LogP contribution in [0.1, 0.15) is 19.8 Å². The molecular formula is C18H25ClN4O4S. The van der Waals surface area contributed by atoms with Gasteiger partial charge < -0.3 is 15.1 Å². The van der Waals surface area contributed by atoms with Crippen molar-refractivity contribution in [1.82, 2.24) is 15.1 Å². The molecule has 1 aromatic carbocycles. The Kier molecular flexibility index (Phi) is 8.09. The fourth-order valence-corrected chi connectivity index (χ4v) is 4.53. The molecule has 0 bridgehead atoms. The fourth-order valence-electron chi connectivity index (χ4n) is 3.57. The number of hydrogen-bond donors (Lipinski definition) is 1. The molecule has 2 saturated heterocycles. The fraction of sp³-hybridized carbons (Fsp3) is 0.556. The van der Waals surface area contributed by atoms with Gasteiger partial charge in [0.1, 0.15) is 0 Å². The molecule has 1 N–H and O–H groups in total. The van der Waals surface area contributed by atoms with Crippen LogP contribution in [0.3, 0.4) is 0 Å². The maximum Gasteiger partial charge on any atom is 0.269 e. The Balaban J connectivity index is 0.00000280. The van der Waals surface area contributed by atoms with E-state index in [1.165, 1.54) is 23.9 Å². The molecule has 8 nitrogen and oxygen atoms in total. The van der Waals surface area contributed by atoms with E-state index in [0.29, 0.717) is 26.2 Å². The molecule has 0 aliphatic carbocycles. The van der Waals surface area contributed by atoms with Crippen molar-refractivity contribution < 1.29 is 14.5 Å². The Hall–Kier alpha value is -1.84. The molecule has 2 aliphatic heterocycles. The number of amides is 2. The van der Waals surface area contributed by atoms with Crippen LogP contribution < -0.4 is 5.32 Å². The zero-order valence-corrected chi connectivity index (χ0v) is 17.3. The van der Waals surface area contributed by atoms with Crippen LogP contribution in [-0.2, 0) is 9.59 Å². The van der Waals surface area contributed by atoms with Gasteiger partial charge in [-0.25, -0.2) is 0 Å². The number of rotatable bonds is 5. The van der Waals surface area contributed by atoms with Crippen LogP contribution in [0, 0.1) is 10.1 Å². The molecular weight excluding hydrogens is 404 g/mol. The summed E-state index contributed by atoms with van der Waals surface area (Å²) in [7, 11) is 0. The first-order chi connectivity index (χ1) is 13.0. The molecule has 2 atom stereocenters. The van der Waals surface area contributed by atoms with Gasteiger partial charge in [-0.05, 0) is 31.9 Å². The average Bonchev–Trinajstić information content (AvgIpc) is 2.68. The van der Waals surface area contributed by atoms with Gasteiger partial charge in [-0.1, -0.05) is 0 Å². The molecule has 0 saturated carbocycles. The second-order valence-electron chi connectivity index (χ2n) is 6.86. The molecule has 3 rings (SSSR count). The molecule has 2 heterocycles. The summed E-state index contributed by atoms with van der Waals surface area (Å²) in [6.45, 7) is 5.00. The number of benzene rings is 1. The Morgan fingerprint density at radius 1 is 1.32 bits per heavy atom. The highest BCUT2D eigenvalue weighted by molar-refractivity contribution is 8.00. The third-order valence-electron chi connectivity index (χ3n) is 4.98. The molecule has 2 aliphatic rings. The van der Waals surface area contributed by atoms with E-state index in [1.54, 1.807) is 12.1 Å². The summed E-state index contributed by atoms with van der Waals surface area (Å²) in [5.41, 5.74) is 0.0397. The topological polar surface area (TPSA) is 95.8 Å². The van der Waals surface area contributed by atoms with Crippen molar-refractivity contribution in [3.8, 4) is 0 Å². The van der Waals surface area contributed by atoms with Crippen LogP contribution in [0.5, 0.6) is 0 Å². The van der Waals surface area contributed by atoms with E-state index in [2.05, 4.69) is 5.32 Å². The number of hydrogen-bond acceptors (Lipinski definition) is 6. The maximum atomic E-state index is 12.9. The van der Waals surface area contributed by atoms with Gasteiger partial charge in [0.25, 0.3) is 5.69 Å². The van der Waals surface area contributed by atoms with Crippen molar-refractivity contribution in [2.24, 2.45) is 0 Å². The third-order valence-corrected chi connectivity index (χ3v) is 6.08. The molecule has 2 amide bonds.